The topological polar surface area (TPSA) is 67.2 Å². The van der Waals surface area contributed by atoms with Crippen LogP contribution >= 0.6 is 11.8 Å². The van der Waals surface area contributed by atoms with Crippen molar-refractivity contribution in [3.05, 3.63) is 54.1 Å². The molecule has 3 aromatic rings. The van der Waals surface area contributed by atoms with E-state index in [2.05, 4.69) is 29.8 Å². The number of rotatable bonds is 8. The fourth-order valence-corrected chi connectivity index (χ4v) is 3.92. The number of carbonyl (C=O) groups excluding carboxylic acids is 2. The summed E-state index contributed by atoms with van der Waals surface area (Å²) in [6.07, 6.45) is 1.05. The number of aromatic nitrogens is 2. The molecule has 1 heterocycles. The largest absolute Gasteiger partial charge is 0.345 e. The van der Waals surface area contributed by atoms with Gasteiger partial charge in [-0.25, -0.2) is 4.98 Å². The number of imidazole rings is 1. The second kappa shape index (κ2) is 9.80. The first-order valence-electron chi connectivity index (χ1n) is 10.0. The monoisotopic (exact) mass is 424 g/mol. The van der Waals surface area contributed by atoms with Crippen LogP contribution in [0.3, 0.4) is 0 Å². The molecule has 1 N–H and O–H groups in total. The molecular formula is C23H28N4O2S. The summed E-state index contributed by atoms with van der Waals surface area (Å²) in [5.41, 5.74) is 3.19. The van der Waals surface area contributed by atoms with Crippen LogP contribution in [0.25, 0.3) is 11.0 Å². The fourth-order valence-electron chi connectivity index (χ4n) is 3.08. The quantitative estimate of drug-likeness (QED) is 0.540. The lowest BCUT2D eigenvalue weighted by Crippen LogP contribution is -2.22. The Balaban J connectivity index is 1.69. The molecule has 0 aliphatic rings. The lowest BCUT2D eigenvalue weighted by molar-refractivity contribution is -0.113. The highest BCUT2D eigenvalue weighted by Gasteiger charge is 2.14. The lowest BCUT2D eigenvalue weighted by Gasteiger charge is -2.12. The molecule has 7 heteroatoms. The van der Waals surface area contributed by atoms with E-state index in [4.69, 9.17) is 4.98 Å². The number of aryl methyl sites for hydroxylation is 1. The first-order valence-corrected chi connectivity index (χ1v) is 11.0. The molecular weight excluding hydrogens is 396 g/mol. The van der Waals surface area contributed by atoms with E-state index < -0.39 is 0 Å². The van der Waals surface area contributed by atoms with Gasteiger partial charge in [0.25, 0.3) is 5.91 Å². The lowest BCUT2D eigenvalue weighted by atomic mass is 10.1. The van der Waals surface area contributed by atoms with Crippen molar-refractivity contribution in [1.82, 2.24) is 14.5 Å². The normalized spacial score (nSPS) is 11.1. The van der Waals surface area contributed by atoms with Crippen LogP contribution in [0.5, 0.6) is 0 Å². The molecule has 0 saturated heterocycles. The van der Waals surface area contributed by atoms with Crippen LogP contribution in [0.4, 0.5) is 5.69 Å². The summed E-state index contributed by atoms with van der Waals surface area (Å²) < 4.78 is 2.20. The molecule has 0 unspecified atom stereocenters. The number of nitrogens with one attached hydrogen (secondary N) is 1. The number of hydrogen-bond acceptors (Lipinski definition) is 4. The van der Waals surface area contributed by atoms with E-state index in [1.807, 2.05) is 18.2 Å². The third kappa shape index (κ3) is 5.42. The molecule has 0 fully saturated rings. The highest BCUT2D eigenvalue weighted by Crippen LogP contribution is 2.25. The van der Waals surface area contributed by atoms with Crippen molar-refractivity contribution in [3.8, 4) is 0 Å². The molecule has 30 heavy (non-hydrogen) atoms. The summed E-state index contributed by atoms with van der Waals surface area (Å²) in [5, 5.41) is 3.73. The van der Waals surface area contributed by atoms with Crippen molar-refractivity contribution in [1.29, 1.82) is 0 Å². The molecule has 0 bridgehead atoms. The number of benzene rings is 2. The maximum absolute atomic E-state index is 12.5. The summed E-state index contributed by atoms with van der Waals surface area (Å²) in [6.45, 7) is 5.28. The van der Waals surface area contributed by atoms with E-state index >= 15 is 0 Å². The molecule has 0 saturated carbocycles. The van der Waals surface area contributed by atoms with E-state index in [0.29, 0.717) is 17.2 Å². The minimum Gasteiger partial charge on any atom is -0.345 e. The summed E-state index contributed by atoms with van der Waals surface area (Å²) in [7, 11) is 3.41. The standard InChI is InChI=1S/C23H28N4O2S/c1-16(2)12-13-27-20-11-6-5-10-19(20)25-23(27)30-15-21(28)24-18-9-7-8-17(14-18)22(29)26(3)4/h5-11,14,16H,12-13,15H2,1-4H3,(H,24,28). The minimum atomic E-state index is -0.128. The molecule has 2 amide bonds. The van der Waals surface area contributed by atoms with Gasteiger partial charge in [-0.2, -0.15) is 0 Å². The Bertz CT molecular complexity index is 1040. The number of hydrogen-bond donors (Lipinski definition) is 1. The number of fused-ring (bicyclic) bond motifs is 1. The molecule has 0 spiro atoms. The van der Waals surface area contributed by atoms with Gasteiger partial charge in [-0.1, -0.05) is 43.8 Å². The Kier molecular flexibility index (Phi) is 7.15. The number of carbonyl (C=O) groups is 2. The van der Waals surface area contributed by atoms with Crippen molar-refractivity contribution in [2.45, 2.75) is 32.0 Å². The maximum atomic E-state index is 12.5. The minimum absolute atomic E-state index is 0.0978. The van der Waals surface area contributed by atoms with Gasteiger partial charge in [0.1, 0.15) is 0 Å². The van der Waals surface area contributed by atoms with Crippen LogP contribution in [0.15, 0.2) is 53.7 Å². The molecule has 6 nitrogen and oxygen atoms in total. The van der Waals surface area contributed by atoms with Crippen LogP contribution in [0, 0.1) is 5.92 Å². The molecule has 1 aromatic heterocycles. The Morgan fingerprint density at radius 2 is 1.90 bits per heavy atom. The second-order valence-corrected chi connectivity index (χ2v) is 8.78. The van der Waals surface area contributed by atoms with Crippen molar-refractivity contribution in [2.75, 3.05) is 25.2 Å². The third-order valence-electron chi connectivity index (χ3n) is 4.68. The third-order valence-corrected chi connectivity index (χ3v) is 5.66. The van der Waals surface area contributed by atoms with Gasteiger partial charge < -0.3 is 14.8 Å². The van der Waals surface area contributed by atoms with Crippen LogP contribution < -0.4 is 5.32 Å². The Morgan fingerprint density at radius 1 is 1.13 bits per heavy atom. The molecule has 0 aliphatic carbocycles. The van der Waals surface area contributed by atoms with Crippen molar-refractivity contribution >= 4 is 40.3 Å². The fraction of sp³-hybridized carbons (Fsp3) is 0.348. The Hall–Kier alpha value is -2.80. The van der Waals surface area contributed by atoms with Gasteiger partial charge in [-0.3, -0.25) is 9.59 Å². The summed E-state index contributed by atoms with van der Waals surface area (Å²) >= 11 is 1.43. The van der Waals surface area contributed by atoms with Crippen LogP contribution in [0.1, 0.15) is 30.6 Å². The Labute approximate surface area is 181 Å². The zero-order valence-electron chi connectivity index (χ0n) is 17.9. The summed E-state index contributed by atoms with van der Waals surface area (Å²) in [4.78, 5) is 30.9. The van der Waals surface area contributed by atoms with Gasteiger partial charge >= 0.3 is 0 Å². The average molecular weight is 425 g/mol. The number of nitrogens with zero attached hydrogens (tertiary/aromatic N) is 3. The molecule has 158 valence electrons. The smallest absolute Gasteiger partial charge is 0.253 e. The van der Waals surface area contributed by atoms with E-state index in [-0.39, 0.29) is 17.6 Å². The van der Waals surface area contributed by atoms with Crippen LogP contribution in [-0.4, -0.2) is 46.1 Å². The van der Waals surface area contributed by atoms with Gasteiger partial charge in [-0.15, -0.1) is 0 Å². The predicted molar refractivity (Wildman–Crippen MR) is 123 cm³/mol. The second-order valence-electron chi connectivity index (χ2n) is 7.83. The van der Waals surface area contributed by atoms with Crippen molar-refractivity contribution < 1.29 is 9.59 Å². The molecule has 0 radical (unpaired) electrons. The predicted octanol–water partition coefficient (Wildman–Crippen LogP) is 4.52. The van der Waals surface area contributed by atoms with E-state index in [1.54, 1.807) is 38.4 Å². The van der Waals surface area contributed by atoms with Crippen molar-refractivity contribution in [2.24, 2.45) is 5.92 Å². The first kappa shape index (κ1) is 21.9. The van der Waals surface area contributed by atoms with Crippen molar-refractivity contribution in [3.63, 3.8) is 0 Å². The Morgan fingerprint density at radius 3 is 2.63 bits per heavy atom. The molecule has 0 aliphatic heterocycles. The molecule has 2 aromatic carbocycles. The highest BCUT2D eigenvalue weighted by atomic mass is 32.2. The summed E-state index contributed by atoms with van der Waals surface area (Å²) in [5.74, 6) is 0.609. The maximum Gasteiger partial charge on any atom is 0.253 e. The van der Waals surface area contributed by atoms with E-state index in [9.17, 15) is 9.59 Å². The number of thioether (sulfide) groups is 1. The molecule has 0 atom stereocenters. The zero-order valence-corrected chi connectivity index (χ0v) is 18.7. The van der Waals surface area contributed by atoms with Crippen LogP contribution in [-0.2, 0) is 11.3 Å². The van der Waals surface area contributed by atoms with Gasteiger partial charge in [0.15, 0.2) is 5.16 Å². The number of amides is 2. The van der Waals surface area contributed by atoms with Crippen LogP contribution in [0.2, 0.25) is 0 Å². The molecule has 3 rings (SSSR count). The number of para-hydroxylation sites is 2. The first-order chi connectivity index (χ1) is 14.3. The van der Waals surface area contributed by atoms with Gasteiger partial charge in [0.2, 0.25) is 5.91 Å². The van der Waals surface area contributed by atoms with E-state index in [0.717, 1.165) is 29.2 Å². The zero-order chi connectivity index (χ0) is 21.7. The van der Waals surface area contributed by atoms with Gasteiger partial charge in [0.05, 0.1) is 16.8 Å². The van der Waals surface area contributed by atoms with E-state index in [1.165, 1.54) is 16.7 Å². The van der Waals surface area contributed by atoms with Gasteiger partial charge in [-0.05, 0) is 42.7 Å². The van der Waals surface area contributed by atoms with Gasteiger partial charge in [0, 0.05) is 31.9 Å². The SMILES string of the molecule is CC(C)CCn1c(SCC(=O)Nc2cccc(C(=O)N(C)C)c2)nc2ccccc21. The highest BCUT2D eigenvalue weighted by molar-refractivity contribution is 7.99. The summed E-state index contributed by atoms with van der Waals surface area (Å²) in [6, 6.07) is 15.0. The number of anilines is 1. The average Bonchev–Trinajstić information content (AvgIpc) is 3.07.